The number of nitrogens with two attached hydrogens (primary N) is 1. The number of hydrogen-bond acceptors (Lipinski definition) is 6. The molecule has 2 rings (SSSR count). The van der Waals surface area contributed by atoms with Crippen molar-refractivity contribution in [3.8, 4) is 0 Å². The maximum absolute atomic E-state index is 12.5. The molecular weight excluding hydrogens is 290 g/mol. The molecular formula is C13H21N5O2S. The zero-order valence-electron chi connectivity index (χ0n) is 12.5. The highest BCUT2D eigenvalue weighted by Gasteiger charge is 2.30. The van der Waals surface area contributed by atoms with Crippen molar-refractivity contribution in [3.63, 3.8) is 0 Å². The number of nitrogen functional groups attached to an aromatic ring is 1. The van der Waals surface area contributed by atoms with Crippen molar-refractivity contribution in [2.75, 3.05) is 24.1 Å². The third-order valence-electron chi connectivity index (χ3n) is 3.14. The number of carbonyl (C=O) groups excluding carboxylic acids is 2. The lowest BCUT2D eigenvalue weighted by Gasteiger charge is -2.15. The molecule has 1 aliphatic rings. The van der Waals surface area contributed by atoms with Crippen LogP contribution in [0, 0.1) is 0 Å². The molecule has 21 heavy (non-hydrogen) atoms. The summed E-state index contributed by atoms with van der Waals surface area (Å²) in [5.41, 5.74) is 5.84. The summed E-state index contributed by atoms with van der Waals surface area (Å²) in [4.78, 5) is 29.9. The summed E-state index contributed by atoms with van der Waals surface area (Å²) in [6, 6.07) is 0.253. The molecule has 1 atom stereocenters. The summed E-state index contributed by atoms with van der Waals surface area (Å²) in [6.45, 7) is 6.61. The van der Waals surface area contributed by atoms with Crippen LogP contribution in [0.5, 0.6) is 0 Å². The average Bonchev–Trinajstić information content (AvgIpc) is 2.94. The van der Waals surface area contributed by atoms with Crippen LogP contribution in [0.1, 0.15) is 36.9 Å². The third-order valence-corrected chi connectivity index (χ3v) is 4.13. The predicted molar refractivity (Wildman–Crippen MR) is 83.4 cm³/mol. The Bertz CT molecular complexity index is 543. The minimum atomic E-state index is -0.116. The molecule has 8 heteroatoms. The van der Waals surface area contributed by atoms with Crippen LogP contribution in [0.15, 0.2) is 0 Å². The average molecular weight is 311 g/mol. The van der Waals surface area contributed by atoms with Gasteiger partial charge in [0.15, 0.2) is 5.13 Å². The smallest absolute Gasteiger partial charge is 0.267 e. The third kappa shape index (κ3) is 3.84. The van der Waals surface area contributed by atoms with Crippen LogP contribution in [-0.4, -0.2) is 46.9 Å². The molecule has 0 saturated carbocycles. The number of thiazole rings is 1. The lowest BCUT2D eigenvalue weighted by atomic mass is 10.2. The van der Waals surface area contributed by atoms with Gasteiger partial charge >= 0.3 is 0 Å². The van der Waals surface area contributed by atoms with E-state index in [2.05, 4.69) is 15.6 Å². The standard InChI is InChI=1S/C13H21N5O2S/c1-7(2)15-13-17-11(14)10(21-13)12(20)18-5-4-9(6-18)16-8(3)19/h7,9H,4-6,14H2,1-3H3,(H,15,17)(H,16,19). The van der Waals surface area contributed by atoms with Gasteiger partial charge in [0.1, 0.15) is 10.7 Å². The molecule has 0 bridgehead atoms. The van der Waals surface area contributed by atoms with Gasteiger partial charge in [0.05, 0.1) is 0 Å². The maximum Gasteiger partial charge on any atom is 0.267 e. The summed E-state index contributed by atoms with van der Waals surface area (Å²) in [5.74, 6) is 0.0702. The Morgan fingerprint density at radius 2 is 2.19 bits per heavy atom. The fraction of sp³-hybridized carbons (Fsp3) is 0.615. The first-order valence-corrected chi connectivity index (χ1v) is 7.77. The topological polar surface area (TPSA) is 100 Å². The van der Waals surface area contributed by atoms with Crippen LogP contribution in [0.25, 0.3) is 0 Å². The van der Waals surface area contributed by atoms with Gasteiger partial charge in [-0.1, -0.05) is 11.3 Å². The van der Waals surface area contributed by atoms with Gasteiger partial charge in [0, 0.05) is 32.1 Å². The second-order valence-electron chi connectivity index (χ2n) is 5.47. The largest absolute Gasteiger partial charge is 0.382 e. The van der Waals surface area contributed by atoms with Gasteiger partial charge in [-0.15, -0.1) is 0 Å². The number of aromatic nitrogens is 1. The van der Waals surface area contributed by atoms with Crippen molar-refractivity contribution < 1.29 is 9.59 Å². The van der Waals surface area contributed by atoms with E-state index >= 15 is 0 Å². The minimum Gasteiger partial charge on any atom is -0.382 e. The Kier molecular flexibility index (Phi) is 4.66. The molecule has 0 aromatic carbocycles. The second kappa shape index (κ2) is 6.30. The highest BCUT2D eigenvalue weighted by Crippen LogP contribution is 2.28. The van der Waals surface area contributed by atoms with Crippen LogP contribution >= 0.6 is 11.3 Å². The zero-order valence-corrected chi connectivity index (χ0v) is 13.3. The first-order valence-electron chi connectivity index (χ1n) is 6.96. The van der Waals surface area contributed by atoms with E-state index in [0.717, 1.165) is 6.42 Å². The lowest BCUT2D eigenvalue weighted by Crippen LogP contribution is -2.37. The van der Waals surface area contributed by atoms with Crippen molar-refractivity contribution in [1.29, 1.82) is 0 Å². The Balaban J connectivity index is 2.04. The van der Waals surface area contributed by atoms with Crippen LogP contribution in [0.4, 0.5) is 10.9 Å². The molecule has 116 valence electrons. The predicted octanol–water partition coefficient (Wildman–Crippen LogP) is 0.896. The van der Waals surface area contributed by atoms with Crippen molar-refractivity contribution in [1.82, 2.24) is 15.2 Å². The van der Waals surface area contributed by atoms with Gasteiger partial charge in [-0.25, -0.2) is 4.98 Å². The second-order valence-corrected chi connectivity index (χ2v) is 6.47. The molecule has 1 unspecified atom stereocenters. The van der Waals surface area contributed by atoms with Crippen LogP contribution in [0.3, 0.4) is 0 Å². The van der Waals surface area contributed by atoms with Crippen molar-refractivity contribution in [2.24, 2.45) is 0 Å². The number of nitrogens with zero attached hydrogens (tertiary/aromatic N) is 2. The number of hydrogen-bond donors (Lipinski definition) is 3. The normalized spacial score (nSPS) is 18.1. The molecule has 1 aromatic heterocycles. The summed E-state index contributed by atoms with van der Waals surface area (Å²) in [6.07, 6.45) is 0.765. The van der Waals surface area contributed by atoms with Crippen LogP contribution < -0.4 is 16.4 Å². The van der Waals surface area contributed by atoms with E-state index in [0.29, 0.717) is 23.1 Å². The molecule has 1 saturated heterocycles. The molecule has 4 N–H and O–H groups in total. The van der Waals surface area contributed by atoms with Crippen molar-refractivity contribution >= 4 is 34.1 Å². The van der Waals surface area contributed by atoms with Gasteiger partial charge in [-0.3, -0.25) is 9.59 Å². The van der Waals surface area contributed by atoms with E-state index in [1.807, 2.05) is 13.8 Å². The monoisotopic (exact) mass is 311 g/mol. The quantitative estimate of drug-likeness (QED) is 0.767. The van der Waals surface area contributed by atoms with Gasteiger partial charge in [0.25, 0.3) is 5.91 Å². The highest BCUT2D eigenvalue weighted by molar-refractivity contribution is 7.18. The van der Waals surface area contributed by atoms with Crippen LogP contribution in [-0.2, 0) is 4.79 Å². The maximum atomic E-state index is 12.5. The fourth-order valence-electron chi connectivity index (χ4n) is 2.29. The molecule has 7 nitrogen and oxygen atoms in total. The van der Waals surface area contributed by atoms with Gasteiger partial charge in [0.2, 0.25) is 5.91 Å². The number of carbonyl (C=O) groups is 2. The van der Waals surface area contributed by atoms with Gasteiger partial charge in [-0.2, -0.15) is 0 Å². The first kappa shape index (κ1) is 15.6. The number of anilines is 2. The molecule has 0 aliphatic carbocycles. The number of rotatable bonds is 4. The summed E-state index contributed by atoms with van der Waals surface area (Å²) >= 11 is 1.27. The summed E-state index contributed by atoms with van der Waals surface area (Å²) in [7, 11) is 0. The van der Waals surface area contributed by atoms with Crippen LogP contribution in [0.2, 0.25) is 0 Å². The van der Waals surface area contributed by atoms with Gasteiger partial charge in [-0.05, 0) is 20.3 Å². The first-order chi connectivity index (χ1) is 9.86. The Morgan fingerprint density at radius 1 is 1.48 bits per heavy atom. The van der Waals surface area contributed by atoms with Gasteiger partial charge < -0.3 is 21.3 Å². The summed E-state index contributed by atoms with van der Waals surface area (Å²) in [5, 5.41) is 6.64. The molecule has 1 fully saturated rings. The Morgan fingerprint density at radius 3 is 2.81 bits per heavy atom. The van der Waals surface area contributed by atoms with Crippen molar-refractivity contribution in [3.05, 3.63) is 4.88 Å². The van der Waals surface area contributed by atoms with E-state index in [9.17, 15) is 9.59 Å². The molecule has 1 aromatic rings. The van der Waals surface area contributed by atoms with E-state index in [1.54, 1.807) is 4.90 Å². The Labute approximate surface area is 127 Å². The fourth-order valence-corrected chi connectivity index (χ4v) is 3.29. The SMILES string of the molecule is CC(=O)NC1CCN(C(=O)c2sc(NC(C)C)nc2N)C1. The lowest BCUT2D eigenvalue weighted by molar-refractivity contribution is -0.119. The molecule has 0 radical (unpaired) electrons. The highest BCUT2D eigenvalue weighted by atomic mass is 32.1. The zero-order chi connectivity index (χ0) is 15.6. The molecule has 2 amide bonds. The van der Waals surface area contributed by atoms with E-state index in [1.165, 1.54) is 18.3 Å². The van der Waals surface area contributed by atoms with E-state index < -0.39 is 0 Å². The summed E-state index contributed by atoms with van der Waals surface area (Å²) < 4.78 is 0. The number of likely N-dealkylation sites (tertiary alicyclic amines) is 1. The molecule has 0 spiro atoms. The van der Waals surface area contributed by atoms with Crippen molar-refractivity contribution in [2.45, 2.75) is 39.3 Å². The number of amides is 2. The Hall–Kier alpha value is -1.83. The number of nitrogens with one attached hydrogen (secondary N) is 2. The van der Waals surface area contributed by atoms with E-state index in [4.69, 9.17) is 5.73 Å². The van der Waals surface area contributed by atoms with E-state index in [-0.39, 0.29) is 29.7 Å². The minimum absolute atomic E-state index is 0.0221. The molecule has 1 aliphatic heterocycles. The molecule has 2 heterocycles.